The molecule has 1 aromatic rings. The largest absolute Gasteiger partial charge is 0.159 e. The van der Waals surface area contributed by atoms with E-state index in [4.69, 9.17) is 1.37 Å². The minimum Gasteiger partial charge on any atom is -0.159 e. The lowest BCUT2D eigenvalue weighted by molar-refractivity contribution is 1.03. The molecule has 0 amide bonds. The van der Waals surface area contributed by atoms with Crippen molar-refractivity contribution in [2.24, 2.45) is 0 Å². The molecule has 30 valence electrons. The lowest BCUT2D eigenvalue weighted by Gasteiger charge is -1.69. The van der Waals surface area contributed by atoms with Gasteiger partial charge in [0, 0.05) is 12.4 Å². The summed E-state index contributed by atoms with van der Waals surface area (Å²) in [5.41, 5.74) is 0. The zero-order chi connectivity index (χ0) is 5.11. The highest BCUT2D eigenvalue weighted by Gasteiger charge is 1.59. The van der Waals surface area contributed by atoms with Crippen LogP contribution in [0.25, 0.3) is 0 Å². The van der Waals surface area contributed by atoms with Crippen molar-refractivity contribution in [1.29, 1.82) is 0 Å². The molecule has 0 aliphatic rings. The van der Waals surface area contributed by atoms with Gasteiger partial charge in [-0.05, 0) is 12.1 Å². The monoisotopic (exact) mass is 82.0 g/mol. The Morgan fingerprint density at radius 3 is 2.67 bits per heavy atom. The van der Waals surface area contributed by atoms with Gasteiger partial charge in [0.05, 0.1) is 1.37 Å². The molecule has 0 atom stereocenters. The summed E-state index contributed by atoms with van der Waals surface area (Å²) in [6, 6.07) is 3.25. The van der Waals surface area contributed by atoms with Gasteiger partial charge in [0.1, 0.15) is 0 Å². The molecular formula is C4H4N2. The second-order valence-electron chi connectivity index (χ2n) is 0.853. The highest BCUT2D eigenvalue weighted by atomic mass is 15.1. The van der Waals surface area contributed by atoms with E-state index in [9.17, 15) is 0 Å². The fourth-order valence-corrected chi connectivity index (χ4v) is 0.225. The Balaban J connectivity index is 3.02. The Morgan fingerprint density at radius 1 is 1.33 bits per heavy atom. The van der Waals surface area contributed by atoms with Gasteiger partial charge in [-0.25, -0.2) is 0 Å². The van der Waals surface area contributed by atoms with Crippen molar-refractivity contribution < 1.29 is 1.37 Å². The minimum absolute atomic E-state index is 0.211. The van der Waals surface area contributed by atoms with Gasteiger partial charge in [0.25, 0.3) is 0 Å². The van der Waals surface area contributed by atoms with Crippen molar-refractivity contribution in [3.8, 4) is 0 Å². The van der Waals surface area contributed by atoms with Crippen LogP contribution < -0.4 is 0 Å². The number of rotatable bonds is 0. The molecule has 1 rings (SSSR count). The molecule has 0 aromatic carbocycles. The summed E-state index contributed by atoms with van der Waals surface area (Å²) < 4.78 is 6.82. The minimum atomic E-state index is 0.211. The van der Waals surface area contributed by atoms with Crippen LogP contribution >= 0.6 is 0 Å². The maximum atomic E-state index is 6.82. The van der Waals surface area contributed by atoms with E-state index >= 15 is 0 Å². The Hall–Kier alpha value is -0.920. The SMILES string of the molecule is [3H]c1cccnn1. The van der Waals surface area contributed by atoms with Gasteiger partial charge in [0.2, 0.25) is 0 Å². The fraction of sp³-hybridized carbons (Fsp3) is 0. The first-order valence-electron chi connectivity index (χ1n) is 2.14. The maximum Gasteiger partial charge on any atom is 0.0860 e. The first kappa shape index (κ1) is 2.29. The Kier molecular flexibility index (Phi) is 0.572. The normalized spacial score (nSPS) is 10.3. The third-order valence-electron chi connectivity index (χ3n) is 0.439. The number of hydrogen-bond acceptors (Lipinski definition) is 2. The van der Waals surface area contributed by atoms with E-state index in [1.54, 1.807) is 12.1 Å². The van der Waals surface area contributed by atoms with E-state index in [2.05, 4.69) is 10.2 Å². The van der Waals surface area contributed by atoms with Gasteiger partial charge in [0.15, 0.2) is 0 Å². The Labute approximate surface area is 37.2 Å². The van der Waals surface area contributed by atoms with Gasteiger partial charge in [-0.2, -0.15) is 10.2 Å². The van der Waals surface area contributed by atoms with Crippen molar-refractivity contribution in [2.75, 3.05) is 0 Å². The van der Waals surface area contributed by atoms with E-state index in [0.29, 0.717) is 0 Å². The third-order valence-corrected chi connectivity index (χ3v) is 0.439. The fourth-order valence-electron chi connectivity index (χ4n) is 0.225. The first-order chi connectivity index (χ1) is 3.39. The molecule has 2 nitrogen and oxygen atoms in total. The van der Waals surface area contributed by atoms with Gasteiger partial charge >= 0.3 is 0 Å². The van der Waals surface area contributed by atoms with Crippen molar-refractivity contribution >= 4 is 0 Å². The number of nitrogens with zero attached hydrogens (tertiary/aromatic N) is 2. The topological polar surface area (TPSA) is 25.8 Å². The summed E-state index contributed by atoms with van der Waals surface area (Å²) >= 11 is 0. The van der Waals surface area contributed by atoms with E-state index in [1.807, 2.05) is 0 Å². The predicted octanol–water partition coefficient (Wildman–Crippen LogP) is 0.477. The van der Waals surface area contributed by atoms with E-state index in [1.165, 1.54) is 6.20 Å². The summed E-state index contributed by atoms with van der Waals surface area (Å²) in [5, 5.41) is 6.84. The van der Waals surface area contributed by atoms with Crippen molar-refractivity contribution in [3.63, 3.8) is 0 Å². The zero-order valence-electron chi connectivity index (χ0n) is 4.13. The predicted molar refractivity (Wildman–Crippen MR) is 22.0 cm³/mol. The summed E-state index contributed by atoms with van der Waals surface area (Å²) in [6.45, 7) is 0. The Morgan fingerprint density at radius 2 is 2.33 bits per heavy atom. The Bertz CT molecular complexity index is 140. The van der Waals surface area contributed by atoms with Crippen LogP contribution in [0.2, 0.25) is 0 Å². The molecule has 1 heterocycles. The van der Waals surface area contributed by atoms with Crippen LogP contribution in [-0.2, 0) is 0 Å². The number of aromatic nitrogens is 2. The van der Waals surface area contributed by atoms with E-state index < -0.39 is 0 Å². The van der Waals surface area contributed by atoms with Crippen LogP contribution in [0.3, 0.4) is 0 Å². The molecule has 0 aliphatic carbocycles. The quantitative estimate of drug-likeness (QED) is 0.455. The highest BCUT2D eigenvalue weighted by Crippen LogP contribution is 1.68. The van der Waals surface area contributed by atoms with Crippen molar-refractivity contribution in [3.05, 3.63) is 24.5 Å². The molecule has 0 spiro atoms. The van der Waals surface area contributed by atoms with Crippen LogP contribution in [0.15, 0.2) is 24.5 Å². The average molecular weight is 82.1 g/mol. The second-order valence-corrected chi connectivity index (χ2v) is 0.853. The summed E-state index contributed by atoms with van der Waals surface area (Å²) in [5.74, 6) is 0. The van der Waals surface area contributed by atoms with Crippen molar-refractivity contribution in [2.45, 2.75) is 0 Å². The molecule has 0 bridgehead atoms. The van der Waals surface area contributed by atoms with Crippen molar-refractivity contribution in [1.82, 2.24) is 10.2 Å². The molecule has 0 fully saturated rings. The van der Waals surface area contributed by atoms with Gasteiger partial charge in [-0.1, -0.05) is 0 Å². The van der Waals surface area contributed by atoms with Crippen LogP contribution in [-0.4, -0.2) is 10.2 Å². The van der Waals surface area contributed by atoms with Gasteiger partial charge in [-0.15, -0.1) is 0 Å². The van der Waals surface area contributed by atoms with Crippen LogP contribution in [0, 0.1) is 0 Å². The first-order valence-corrected chi connectivity index (χ1v) is 1.64. The smallest absolute Gasteiger partial charge is 0.0860 e. The summed E-state index contributed by atoms with van der Waals surface area (Å²) in [6.07, 6.45) is 1.75. The molecule has 0 N–H and O–H groups in total. The number of hydrogen-bond donors (Lipinski definition) is 0. The molecule has 0 saturated heterocycles. The third kappa shape index (κ3) is 0.516. The molecule has 0 radical (unpaired) electrons. The molecule has 0 aliphatic heterocycles. The van der Waals surface area contributed by atoms with E-state index in [0.717, 1.165) is 0 Å². The molecule has 2 heteroatoms. The standard InChI is InChI=1S/C4H4N2/c1-2-4-6-5-3-1/h1-4H/i3T. The highest BCUT2D eigenvalue weighted by molar-refractivity contribution is 4.79. The van der Waals surface area contributed by atoms with Crippen LogP contribution in [0.5, 0.6) is 0 Å². The lowest BCUT2D eigenvalue weighted by atomic mass is 10.6. The molecule has 0 saturated carbocycles. The summed E-state index contributed by atoms with van der Waals surface area (Å²) in [7, 11) is 0. The van der Waals surface area contributed by atoms with Gasteiger partial charge in [-0.3, -0.25) is 0 Å². The molecule has 6 heavy (non-hydrogen) atoms. The summed E-state index contributed by atoms with van der Waals surface area (Å²) in [4.78, 5) is 0. The van der Waals surface area contributed by atoms with Crippen LogP contribution in [0.4, 0.5) is 0 Å². The van der Waals surface area contributed by atoms with E-state index in [-0.39, 0.29) is 6.17 Å². The lowest BCUT2D eigenvalue weighted by Crippen LogP contribution is -1.69. The molecule has 1 aromatic heterocycles. The maximum absolute atomic E-state index is 6.82. The average Bonchev–Trinajstić information content (AvgIpc) is 1.69. The second kappa shape index (κ2) is 1.50. The van der Waals surface area contributed by atoms with Crippen LogP contribution in [0.1, 0.15) is 1.37 Å². The molecular weight excluding hydrogens is 76.1 g/mol. The zero-order valence-corrected chi connectivity index (χ0v) is 3.13. The molecule has 0 unspecified atom stereocenters. The van der Waals surface area contributed by atoms with Gasteiger partial charge < -0.3 is 0 Å².